The Bertz CT molecular complexity index is 1080. The molecule has 0 radical (unpaired) electrons. The van der Waals surface area contributed by atoms with Crippen LogP contribution in [0.25, 0.3) is 6.08 Å². The highest BCUT2D eigenvalue weighted by Crippen LogP contribution is 2.33. The number of rotatable bonds is 5. The number of aromatic nitrogens is 1. The molecule has 1 amide bonds. The van der Waals surface area contributed by atoms with E-state index in [1.165, 1.54) is 11.8 Å². The fraction of sp³-hybridized carbons (Fsp3) is 0.0476. The van der Waals surface area contributed by atoms with Crippen LogP contribution in [-0.4, -0.2) is 27.2 Å². The van der Waals surface area contributed by atoms with Crippen molar-refractivity contribution in [3.8, 4) is 0 Å². The Morgan fingerprint density at radius 3 is 2.72 bits per heavy atom. The summed E-state index contributed by atoms with van der Waals surface area (Å²) in [6.45, 7) is 0.288. The van der Waals surface area contributed by atoms with Gasteiger partial charge >= 0.3 is 0 Å². The number of nitrogens with zero attached hydrogens (tertiary/aromatic N) is 4. The van der Waals surface area contributed by atoms with Gasteiger partial charge in [-0.25, -0.2) is 0 Å². The lowest BCUT2D eigenvalue weighted by Gasteiger charge is -2.12. The van der Waals surface area contributed by atoms with E-state index in [0.717, 1.165) is 15.6 Å². The third-order valence-electron chi connectivity index (χ3n) is 3.98. The second-order valence-corrected chi connectivity index (χ2v) is 7.97. The van der Waals surface area contributed by atoms with Crippen LogP contribution in [0.5, 0.6) is 0 Å². The van der Waals surface area contributed by atoms with E-state index in [-0.39, 0.29) is 12.5 Å². The topological polar surface area (TPSA) is 71.1 Å². The van der Waals surface area contributed by atoms with E-state index in [2.05, 4.69) is 31.1 Å². The minimum atomic E-state index is -0.146. The highest BCUT2D eigenvalue weighted by Gasteiger charge is 2.34. The van der Waals surface area contributed by atoms with Gasteiger partial charge in [0.15, 0.2) is 5.17 Å². The number of thioether (sulfide) groups is 1. The van der Waals surface area contributed by atoms with Crippen LogP contribution in [0, 0.1) is 0 Å². The summed E-state index contributed by atoms with van der Waals surface area (Å²) in [6, 6.07) is 15.0. The molecule has 1 fully saturated rings. The normalized spacial score (nSPS) is 17.1. The summed E-state index contributed by atoms with van der Waals surface area (Å²) in [6.07, 6.45) is 8.43. The van der Waals surface area contributed by atoms with E-state index in [9.17, 15) is 4.79 Å². The SMILES string of the molecule is O=C1/C(=C/c2cccnc2)S/C(=N/N=C\c2ccc(Br)cc2)N1Cc1ccco1. The largest absolute Gasteiger partial charge is 0.467 e. The summed E-state index contributed by atoms with van der Waals surface area (Å²) in [5, 5.41) is 8.96. The zero-order valence-electron chi connectivity index (χ0n) is 15.1. The Hall–Kier alpha value is -2.97. The molecule has 1 saturated heterocycles. The summed E-state index contributed by atoms with van der Waals surface area (Å²) < 4.78 is 6.39. The van der Waals surface area contributed by atoms with Crippen LogP contribution >= 0.6 is 27.7 Å². The van der Waals surface area contributed by atoms with Crippen molar-refractivity contribution in [2.45, 2.75) is 6.54 Å². The molecule has 8 heteroatoms. The van der Waals surface area contributed by atoms with Crippen LogP contribution in [0.2, 0.25) is 0 Å². The first-order chi connectivity index (χ1) is 14.2. The van der Waals surface area contributed by atoms with Gasteiger partial charge in [-0.2, -0.15) is 5.10 Å². The Balaban J connectivity index is 1.60. The molecule has 29 heavy (non-hydrogen) atoms. The van der Waals surface area contributed by atoms with Gasteiger partial charge in [0.1, 0.15) is 5.76 Å². The van der Waals surface area contributed by atoms with E-state index >= 15 is 0 Å². The molecule has 0 saturated carbocycles. The van der Waals surface area contributed by atoms with Crippen LogP contribution in [0.15, 0.2) is 91.2 Å². The van der Waals surface area contributed by atoms with E-state index in [0.29, 0.717) is 15.8 Å². The van der Waals surface area contributed by atoms with Gasteiger partial charge in [-0.05, 0) is 59.3 Å². The molecule has 1 aliphatic heterocycles. The molecular weight excluding hydrogens is 452 g/mol. The molecule has 0 N–H and O–H groups in total. The van der Waals surface area contributed by atoms with Gasteiger partial charge in [0.25, 0.3) is 5.91 Å². The van der Waals surface area contributed by atoms with Crippen molar-refractivity contribution >= 4 is 51.1 Å². The molecule has 0 bridgehead atoms. The van der Waals surface area contributed by atoms with Crippen molar-refractivity contribution in [1.82, 2.24) is 9.88 Å². The molecule has 144 valence electrons. The van der Waals surface area contributed by atoms with Crippen LogP contribution in [0.3, 0.4) is 0 Å². The van der Waals surface area contributed by atoms with Crippen LogP contribution in [0.1, 0.15) is 16.9 Å². The van der Waals surface area contributed by atoms with Gasteiger partial charge in [-0.1, -0.05) is 34.1 Å². The highest BCUT2D eigenvalue weighted by atomic mass is 79.9. The lowest BCUT2D eigenvalue weighted by Crippen LogP contribution is -2.28. The zero-order chi connectivity index (χ0) is 20.1. The van der Waals surface area contributed by atoms with Crippen molar-refractivity contribution in [3.05, 3.63) is 93.5 Å². The molecule has 0 aliphatic carbocycles. The molecule has 4 rings (SSSR count). The van der Waals surface area contributed by atoms with Gasteiger partial charge in [0.05, 0.1) is 23.9 Å². The summed E-state index contributed by atoms with van der Waals surface area (Å²) in [5.41, 5.74) is 1.76. The van der Waals surface area contributed by atoms with Crippen molar-refractivity contribution in [2.75, 3.05) is 0 Å². The molecule has 2 aromatic heterocycles. The summed E-state index contributed by atoms with van der Waals surface area (Å²) >= 11 is 4.68. The van der Waals surface area contributed by atoms with Crippen molar-refractivity contribution in [3.63, 3.8) is 0 Å². The van der Waals surface area contributed by atoms with E-state index in [1.807, 2.05) is 42.5 Å². The first-order valence-corrected chi connectivity index (χ1v) is 10.3. The molecule has 3 heterocycles. The van der Waals surface area contributed by atoms with Gasteiger partial charge in [-0.15, -0.1) is 5.10 Å². The third kappa shape index (κ3) is 4.90. The quantitative estimate of drug-likeness (QED) is 0.303. The average molecular weight is 467 g/mol. The summed E-state index contributed by atoms with van der Waals surface area (Å²) in [7, 11) is 0. The number of furan rings is 1. The standard InChI is InChI=1S/C21H15BrN4O2S/c22-17-7-5-15(6-8-17)13-24-25-21-26(14-18-4-2-10-28-18)20(27)19(29-21)11-16-3-1-9-23-12-16/h1-13H,14H2/b19-11-,24-13-,25-21+. The minimum absolute atomic E-state index is 0.146. The van der Waals surface area contributed by atoms with Crippen molar-refractivity contribution in [2.24, 2.45) is 10.2 Å². The summed E-state index contributed by atoms with van der Waals surface area (Å²) in [5.74, 6) is 0.527. The Labute approximate surface area is 180 Å². The molecule has 1 aliphatic rings. The first kappa shape index (κ1) is 19.4. The molecule has 3 aromatic rings. The Kier molecular flexibility index (Phi) is 6.02. The molecule has 0 spiro atoms. The maximum atomic E-state index is 13.0. The fourth-order valence-corrected chi connectivity index (χ4v) is 3.79. The highest BCUT2D eigenvalue weighted by molar-refractivity contribution is 9.10. The molecule has 0 atom stereocenters. The number of benzene rings is 1. The lowest BCUT2D eigenvalue weighted by atomic mass is 10.2. The molecular formula is C21H15BrN4O2S. The average Bonchev–Trinajstić information content (AvgIpc) is 3.35. The fourth-order valence-electron chi connectivity index (χ4n) is 2.59. The predicted molar refractivity (Wildman–Crippen MR) is 118 cm³/mol. The zero-order valence-corrected chi connectivity index (χ0v) is 17.5. The van der Waals surface area contributed by atoms with Crippen LogP contribution < -0.4 is 0 Å². The smallest absolute Gasteiger partial charge is 0.267 e. The van der Waals surface area contributed by atoms with Crippen LogP contribution in [0.4, 0.5) is 0 Å². The van der Waals surface area contributed by atoms with Gasteiger partial charge in [0.2, 0.25) is 0 Å². The third-order valence-corrected chi connectivity index (χ3v) is 5.51. The Morgan fingerprint density at radius 2 is 2.00 bits per heavy atom. The van der Waals surface area contributed by atoms with Gasteiger partial charge in [0, 0.05) is 16.9 Å². The van der Waals surface area contributed by atoms with Gasteiger partial charge in [-0.3, -0.25) is 14.7 Å². The maximum absolute atomic E-state index is 13.0. The number of hydrogen-bond acceptors (Lipinski definition) is 6. The Morgan fingerprint density at radius 1 is 1.14 bits per heavy atom. The minimum Gasteiger partial charge on any atom is -0.467 e. The first-order valence-electron chi connectivity index (χ1n) is 8.69. The summed E-state index contributed by atoms with van der Waals surface area (Å²) in [4.78, 5) is 19.2. The van der Waals surface area contributed by atoms with E-state index in [1.54, 1.807) is 41.9 Å². The van der Waals surface area contributed by atoms with E-state index < -0.39 is 0 Å². The number of carbonyl (C=O) groups excluding carboxylic acids is 1. The molecule has 0 unspecified atom stereocenters. The molecule has 6 nitrogen and oxygen atoms in total. The molecule has 1 aromatic carbocycles. The monoisotopic (exact) mass is 466 g/mol. The second-order valence-electron chi connectivity index (χ2n) is 6.05. The number of carbonyl (C=O) groups is 1. The van der Waals surface area contributed by atoms with Gasteiger partial charge < -0.3 is 4.42 Å². The number of halogens is 1. The maximum Gasteiger partial charge on any atom is 0.267 e. The number of hydrogen-bond donors (Lipinski definition) is 0. The van der Waals surface area contributed by atoms with Crippen molar-refractivity contribution < 1.29 is 9.21 Å². The second kappa shape index (κ2) is 9.02. The lowest BCUT2D eigenvalue weighted by molar-refractivity contribution is -0.122. The van der Waals surface area contributed by atoms with E-state index in [4.69, 9.17) is 4.42 Å². The number of amides is 1. The number of amidine groups is 1. The van der Waals surface area contributed by atoms with Crippen molar-refractivity contribution in [1.29, 1.82) is 0 Å². The predicted octanol–water partition coefficient (Wildman–Crippen LogP) is 4.94. The number of pyridine rings is 1. The van der Waals surface area contributed by atoms with Crippen LogP contribution in [-0.2, 0) is 11.3 Å².